The summed E-state index contributed by atoms with van der Waals surface area (Å²) in [7, 11) is 1.85. The highest BCUT2D eigenvalue weighted by atomic mass is 79.9. The Morgan fingerprint density at radius 1 is 1.50 bits per heavy atom. The lowest BCUT2D eigenvalue weighted by Crippen LogP contribution is -2.01. The largest absolute Gasteiger partial charge is 0.388 e. The van der Waals surface area contributed by atoms with Gasteiger partial charge in [0.2, 0.25) is 0 Å². The molecule has 0 aliphatic heterocycles. The van der Waals surface area contributed by atoms with Crippen molar-refractivity contribution in [2.45, 2.75) is 18.9 Å². The zero-order chi connectivity index (χ0) is 13.1. The van der Waals surface area contributed by atoms with Crippen LogP contribution in [0, 0.1) is 5.82 Å². The van der Waals surface area contributed by atoms with Crippen molar-refractivity contribution in [3.63, 3.8) is 0 Å². The summed E-state index contributed by atoms with van der Waals surface area (Å²) >= 11 is 3.16. The maximum absolute atomic E-state index is 13.3. The zero-order valence-electron chi connectivity index (χ0n) is 9.98. The summed E-state index contributed by atoms with van der Waals surface area (Å²) in [6.45, 7) is 0. The molecule has 0 radical (unpaired) electrons. The van der Waals surface area contributed by atoms with Gasteiger partial charge in [-0.05, 0) is 46.0 Å². The average Bonchev–Trinajstić information content (AvgIpc) is 2.76. The SMILES string of the molecule is Cn1cc(CCC(O)c2cccc(F)c2Br)cn1. The van der Waals surface area contributed by atoms with Crippen LogP contribution in [0.5, 0.6) is 0 Å². The standard InChI is InChI=1S/C13H14BrFN2O/c1-17-8-9(7-16-17)5-6-12(18)10-3-2-4-11(15)13(10)14/h2-4,7-8,12,18H,5-6H2,1H3. The van der Waals surface area contributed by atoms with Crippen LogP contribution >= 0.6 is 15.9 Å². The van der Waals surface area contributed by atoms with Crippen molar-refractivity contribution in [1.29, 1.82) is 0 Å². The molecule has 1 N–H and O–H groups in total. The predicted molar refractivity (Wildman–Crippen MR) is 70.6 cm³/mol. The van der Waals surface area contributed by atoms with Gasteiger partial charge in [0.1, 0.15) is 5.82 Å². The minimum absolute atomic E-state index is 0.337. The summed E-state index contributed by atoms with van der Waals surface area (Å²) < 4.78 is 15.4. The van der Waals surface area contributed by atoms with Gasteiger partial charge in [-0.25, -0.2) is 4.39 Å². The normalized spacial score (nSPS) is 12.7. The van der Waals surface area contributed by atoms with Gasteiger partial charge in [0.25, 0.3) is 0 Å². The first kappa shape index (κ1) is 13.2. The van der Waals surface area contributed by atoms with Crippen LogP contribution < -0.4 is 0 Å². The maximum atomic E-state index is 13.3. The molecule has 0 spiro atoms. The molecule has 1 atom stereocenters. The van der Waals surface area contributed by atoms with E-state index in [9.17, 15) is 9.50 Å². The highest BCUT2D eigenvalue weighted by molar-refractivity contribution is 9.10. The van der Waals surface area contributed by atoms with E-state index in [1.165, 1.54) is 6.07 Å². The Labute approximate surface area is 113 Å². The molecule has 0 saturated heterocycles. The molecule has 1 aromatic heterocycles. The van der Waals surface area contributed by atoms with Crippen LogP contribution in [0.3, 0.4) is 0 Å². The molecular weight excluding hydrogens is 299 g/mol. The van der Waals surface area contributed by atoms with E-state index in [1.807, 2.05) is 13.2 Å². The highest BCUT2D eigenvalue weighted by Gasteiger charge is 2.14. The Bertz CT molecular complexity index is 542. The molecule has 1 unspecified atom stereocenters. The maximum Gasteiger partial charge on any atom is 0.137 e. The molecule has 0 aliphatic carbocycles. The molecule has 2 rings (SSSR count). The minimum Gasteiger partial charge on any atom is -0.388 e. The fourth-order valence-corrected chi connectivity index (χ4v) is 2.37. The minimum atomic E-state index is -0.685. The summed E-state index contributed by atoms with van der Waals surface area (Å²) in [6.07, 6.45) is 4.24. The monoisotopic (exact) mass is 312 g/mol. The molecule has 2 aromatic rings. The third-order valence-electron chi connectivity index (χ3n) is 2.81. The van der Waals surface area contributed by atoms with E-state index in [0.29, 0.717) is 22.9 Å². The number of halogens is 2. The van der Waals surface area contributed by atoms with E-state index in [-0.39, 0.29) is 5.82 Å². The van der Waals surface area contributed by atoms with Gasteiger partial charge in [0.15, 0.2) is 0 Å². The van der Waals surface area contributed by atoms with Gasteiger partial charge in [0.05, 0.1) is 16.8 Å². The van der Waals surface area contributed by atoms with Crippen molar-refractivity contribution in [3.05, 3.63) is 52.0 Å². The molecule has 1 aromatic carbocycles. The second kappa shape index (κ2) is 5.63. The summed E-state index contributed by atoms with van der Waals surface area (Å²) in [5.74, 6) is -0.354. The Kier molecular flexibility index (Phi) is 4.14. The summed E-state index contributed by atoms with van der Waals surface area (Å²) in [5, 5.41) is 14.1. The molecule has 0 fully saturated rings. The fraction of sp³-hybridized carbons (Fsp3) is 0.308. The van der Waals surface area contributed by atoms with E-state index in [2.05, 4.69) is 21.0 Å². The molecule has 0 saturated carbocycles. The highest BCUT2D eigenvalue weighted by Crippen LogP contribution is 2.28. The quantitative estimate of drug-likeness (QED) is 0.942. The van der Waals surface area contributed by atoms with Gasteiger partial charge in [0, 0.05) is 13.2 Å². The number of aliphatic hydroxyl groups excluding tert-OH is 1. The lowest BCUT2D eigenvalue weighted by atomic mass is 10.0. The average molecular weight is 313 g/mol. The Morgan fingerprint density at radius 2 is 2.28 bits per heavy atom. The molecule has 96 valence electrons. The van der Waals surface area contributed by atoms with Crippen LogP contribution in [-0.4, -0.2) is 14.9 Å². The molecular formula is C13H14BrFN2O. The van der Waals surface area contributed by atoms with Crippen molar-refractivity contribution in [2.75, 3.05) is 0 Å². The van der Waals surface area contributed by atoms with Crippen molar-refractivity contribution in [3.8, 4) is 0 Å². The van der Waals surface area contributed by atoms with Gasteiger partial charge in [-0.15, -0.1) is 0 Å². The molecule has 3 nitrogen and oxygen atoms in total. The van der Waals surface area contributed by atoms with Gasteiger partial charge < -0.3 is 5.11 Å². The summed E-state index contributed by atoms with van der Waals surface area (Å²) in [5.41, 5.74) is 1.64. The summed E-state index contributed by atoms with van der Waals surface area (Å²) in [6, 6.07) is 4.69. The van der Waals surface area contributed by atoms with Crippen LogP contribution in [0.1, 0.15) is 23.7 Å². The fourth-order valence-electron chi connectivity index (χ4n) is 1.84. The van der Waals surface area contributed by atoms with Crippen LogP contribution in [0.2, 0.25) is 0 Å². The van der Waals surface area contributed by atoms with E-state index in [0.717, 1.165) is 5.56 Å². The predicted octanol–water partition coefficient (Wildman–Crippen LogP) is 2.99. The lowest BCUT2D eigenvalue weighted by Gasteiger charge is -2.12. The second-order valence-electron chi connectivity index (χ2n) is 4.22. The number of benzene rings is 1. The van der Waals surface area contributed by atoms with Crippen molar-refractivity contribution < 1.29 is 9.50 Å². The van der Waals surface area contributed by atoms with Gasteiger partial charge in [-0.2, -0.15) is 5.10 Å². The van der Waals surface area contributed by atoms with Crippen LogP contribution in [0.15, 0.2) is 35.1 Å². The van der Waals surface area contributed by atoms with Crippen LogP contribution in [-0.2, 0) is 13.5 Å². The van der Waals surface area contributed by atoms with Crippen LogP contribution in [0.25, 0.3) is 0 Å². The number of rotatable bonds is 4. The second-order valence-corrected chi connectivity index (χ2v) is 5.01. The number of hydrogen-bond acceptors (Lipinski definition) is 2. The molecule has 0 amide bonds. The molecule has 18 heavy (non-hydrogen) atoms. The first-order valence-electron chi connectivity index (χ1n) is 5.67. The number of nitrogens with zero attached hydrogens (tertiary/aromatic N) is 2. The number of aryl methyl sites for hydroxylation is 2. The molecule has 5 heteroatoms. The number of hydrogen-bond donors (Lipinski definition) is 1. The molecule has 0 aliphatic rings. The first-order chi connectivity index (χ1) is 8.58. The lowest BCUT2D eigenvalue weighted by molar-refractivity contribution is 0.166. The van der Waals surface area contributed by atoms with E-state index in [1.54, 1.807) is 23.0 Å². The third kappa shape index (κ3) is 2.97. The smallest absolute Gasteiger partial charge is 0.137 e. The van der Waals surface area contributed by atoms with Crippen LogP contribution in [0.4, 0.5) is 4.39 Å². The number of aliphatic hydroxyl groups is 1. The van der Waals surface area contributed by atoms with Crippen molar-refractivity contribution in [2.24, 2.45) is 7.05 Å². The molecule has 0 bridgehead atoms. The van der Waals surface area contributed by atoms with E-state index < -0.39 is 6.10 Å². The topological polar surface area (TPSA) is 38.0 Å². The van der Waals surface area contributed by atoms with Gasteiger partial charge in [-0.3, -0.25) is 4.68 Å². The van der Waals surface area contributed by atoms with Gasteiger partial charge >= 0.3 is 0 Å². The Balaban J connectivity index is 2.03. The van der Waals surface area contributed by atoms with Crippen molar-refractivity contribution >= 4 is 15.9 Å². The van der Waals surface area contributed by atoms with E-state index >= 15 is 0 Å². The van der Waals surface area contributed by atoms with Gasteiger partial charge in [-0.1, -0.05) is 12.1 Å². The first-order valence-corrected chi connectivity index (χ1v) is 6.46. The number of aromatic nitrogens is 2. The molecule has 1 heterocycles. The zero-order valence-corrected chi connectivity index (χ0v) is 11.6. The van der Waals surface area contributed by atoms with Crippen molar-refractivity contribution in [1.82, 2.24) is 9.78 Å². The Morgan fingerprint density at radius 3 is 2.94 bits per heavy atom. The summed E-state index contributed by atoms with van der Waals surface area (Å²) in [4.78, 5) is 0. The Hall–Kier alpha value is -1.20. The van der Waals surface area contributed by atoms with E-state index in [4.69, 9.17) is 0 Å². The third-order valence-corrected chi connectivity index (χ3v) is 3.64.